The topological polar surface area (TPSA) is 56.2 Å². The molecular formula is C29H33N3O2. The lowest BCUT2D eigenvalue weighted by molar-refractivity contribution is 0.0954. The van der Waals surface area contributed by atoms with Crippen LogP contribution in [0.15, 0.2) is 66.7 Å². The molecule has 0 fully saturated rings. The summed E-state index contributed by atoms with van der Waals surface area (Å²) in [5.74, 6) is 1.88. The van der Waals surface area contributed by atoms with Crippen LogP contribution in [0.3, 0.4) is 0 Å². The van der Waals surface area contributed by atoms with Gasteiger partial charge in [0, 0.05) is 25.1 Å². The van der Waals surface area contributed by atoms with Crippen molar-refractivity contribution in [2.24, 2.45) is 0 Å². The van der Waals surface area contributed by atoms with E-state index in [0.717, 1.165) is 47.6 Å². The van der Waals surface area contributed by atoms with E-state index in [1.807, 2.05) is 55.5 Å². The number of hydrogen-bond acceptors (Lipinski definition) is 3. The molecule has 1 heterocycles. The monoisotopic (exact) mass is 455 g/mol. The molecule has 0 unspecified atom stereocenters. The number of unbranched alkanes of at least 4 members (excludes halogenated alkanes) is 1. The number of aryl methyl sites for hydroxylation is 4. The number of carbonyl (C=O) groups excluding carboxylic acids is 1. The summed E-state index contributed by atoms with van der Waals surface area (Å²) in [7, 11) is 0. The van der Waals surface area contributed by atoms with Gasteiger partial charge >= 0.3 is 0 Å². The Morgan fingerprint density at radius 3 is 2.53 bits per heavy atom. The Hall–Kier alpha value is -3.60. The van der Waals surface area contributed by atoms with Crippen molar-refractivity contribution in [1.29, 1.82) is 0 Å². The number of nitrogens with one attached hydrogen (secondary N) is 1. The lowest BCUT2D eigenvalue weighted by Crippen LogP contribution is -2.26. The summed E-state index contributed by atoms with van der Waals surface area (Å²) in [6, 6.07) is 22.1. The molecule has 0 bridgehead atoms. The molecule has 0 saturated carbocycles. The SMILES string of the molecule is Cc1ccc(C(=O)NCCc2nc3ccccc3n2CCCCOc2ccc(C)c(C)c2)cc1. The molecule has 0 radical (unpaired) electrons. The van der Waals surface area contributed by atoms with Gasteiger partial charge in [-0.3, -0.25) is 4.79 Å². The van der Waals surface area contributed by atoms with Gasteiger partial charge in [0.2, 0.25) is 0 Å². The quantitative estimate of drug-likeness (QED) is 0.308. The second-order valence-electron chi connectivity index (χ2n) is 8.84. The van der Waals surface area contributed by atoms with Gasteiger partial charge in [-0.1, -0.05) is 35.9 Å². The number of imidazole rings is 1. The fraction of sp³-hybridized carbons (Fsp3) is 0.310. The van der Waals surface area contributed by atoms with Gasteiger partial charge in [-0.05, 0) is 81.1 Å². The van der Waals surface area contributed by atoms with E-state index >= 15 is 0 Å². The number of nitrogens with zero attached hydrogens (tertiary/aromatic N) is 2. The van der Waals surface area contributed by atoms with E-state index in [2.05, 4.69) is 41.9 Å². The third-order valence-electron chi connectivity index (χ3n) is 6.20. The molecule has 0 saturated heterocycles. The van der Waals surface area contributed by atoms with Crippen LogP contribution >= 0.6 is 0 Å². The Balaban J connectivity index is 1.32. The molecule has 1 amide bonds. The van der Waals surface area contributed by atoms with Crippen molar-refractivity contribution in [3.63, 3.8) is 0 Å². The average molecular weight is 456 g/mol. The van der Waals surface area contributed by atoms with Gasteiger partial charge in [-0.25, -0.2) is 4.98 Å². The number of fused-ring (bicyclic) bond motifs is 1. The van der Waals surface area contributed by atoms with Crippen molar-refractivity contribution in [2.45, 2.75) is 46.6 Å². The van der Waals surface area contributed by atoms with E-state index in [-0.39, 0.29) is 5.91 Å². The largest absolute Gasteiger partial charge is 0.494 e. The van der Waals surface area contributed by atoms with Gasteiger partial charge in [0.1, 0.15) is 11.6 Å². The van der Waals surface area contributed by atoms with E-state index in [9.17, 15) is 4.79 Å². The second kappa shape index (κ2) is 11.0. The average Bonchev–Trinajstić information content (AvgIpc) is 3.19. The van der Waals surface area contributed by atoms with Crippen molar-refractivity contribution < 1.29 is 9.53 Å². The highest BCUT2D eigenvalue weighted by Gasteiger charge is 2.11. The Bertz CT molecular complexity index is 1260. The third-order valence-corrected chi connectivity index (χ3v) is 6.20. The molecule has 0 aliphatic heterocycles. The van der Waals surface area contributed by atoms with E-state index in [4.69, 9.17) is 9.72 Å². The van der Waals surface area contributed by atoms with Gasteiger partial charge in [0.15, 0.2) is 0 Å². The molecule has 34 heavy (non-hydrogen) atoms. The lowest BCUT2D eigenvalue weighted by atomic mass is 10.1. The van der Waals surface area contributed by atoms with Crippen molar-refractivity contribution in [3.8, 4) is 5.75 Å². The summed E-state index contributed by atoms with van der Waals surface area (Å²) in [5.41, 5.74) is 6.49. The fourth-order valence-corrected chi connectivity index (χ4v) is 4.03. The van der Waals surface area contributed by atoms with Crippen molar-refractivity contribution >= 4 is 16.9 Å². The third kappa shape index (κ3) is 5.84. The fourth-order valence-electron chi connectivity index (χ4n) is 4.03. The molecule has 0 atom stereocenters. The van der Waals surface area contributed by atoms with Crippen LogP contribution < -0.4 is 10.1 Å². The summed E-state index contributed by atoms with van der Waals surface area (Å²) in [5, 5.41) is 3.03. The number of amides is 1. The number of ether oxygens (including phenoxy) is 1. The first-order valence-corrected chi connectivity index (χ1v) is 12.0. The predicted molar refractivity (Wildman–Crippen MR) is 138 cm³/mol. The minimum absolute atomic E-state index is 0.0499. The molecule has 0 aliphatic carbocycles. The van der Waals surface area contributed by atoms with E-state index in [1.165, 1.54) is 11.1 Å². The maximum absolute atomic E-state index is 12.5. The van der Waals surface area contributed by atoms with Crippen LogP contribution in [-0.2, 0) is 13.0 Å². The molecule has 5 nitrogen and oxygen atoms in total. The number of aromatic nitrogens is 2. The Labute approximate surface area is 201 Å². The highest BCUT2D eigenvalue weighted by atomic mass is 16.5. The number of hydrogen-bond donors (Lipinski definition) is 1. The normalized spacial score (nSPS) is 11.0. The molecule has 4 aromatic rings. The molecule has 1 N–H and O–H groups in total. The standard InChI is InChI=1S/C29H33N3O2/c1-21-10-13-24(14-11-21)29(33)30-17-16-28-31-26-8-4-5-9-27(26)32(28)18-6-7-19-34-25-15-12-22(2)23(3)20-25/h4-5,8-15,20H,6-7,16-19H2,1-3H3,(H,30,33). The summed E-state index contributed by atoms with van der Waals surface area (Å²) < 4.78 is 8.23. The predicted octanol–water partition coefficient (Wildman–Crippen LogP) is 5.79. The van der Waals surface area contributed by atoms with Crippen LogP contribution in [-0.4, -0.2) is 28.6 Å². The van der Waals surface area contributed by atoms with Crippen LogP contribution in [0, 0.1) is 20.8 Å². The first kappa shape index (κ1) is 23.6. The highest BCUT2D eigenvalue weighted by Crippen LogP contribution is 2.19. The van der Waals surface area contributed by atoms with Crippen LogP contribution in [0.2, 0.25) is 0 Å². The van der Waals surface area contributed by atoms with E-state index in [1.54, 1.807) is 0 Å². The molecule has 176 valence electrons. The molecule has 1 aromatic heterocycles. The van der Waals surface area contributed by atoms with Gasteiger partial charge < -0.3 is 14.6 Å². The van der Waals surface area contributed by atoms with Crippen LogP contribution in [0.1, 0.15) is 45.7 Å². The minimum Gasteiger partial charge on any atom is -0.494 e. The lowest BCUT2D eigenvalue weighted by Gasteiger charge is -2.11. The Morgan fingerprint density at radius 1 is 0.941 bits per heavy atom. The number of carbonyl (C=O) groups is 1. The van der Waals surface area contributed by atoms with Gasteiger partial charge in [-0.2, -0.15) is 0 Å². The zero-order chi connectivity index (χ0) is 23.9. The van der Waals surface area contributed by atoms with Gasteiger partial charge in [-0.15, -0.1) is 0 Å². The summed E-state index contributed by atoms with van der Waals surface area (Å²) in [6.45, 7) is 8.35. The summed E-state index contributed by atoms with van der Waals surface area (Å²) in [4.78, 5) is 17.3. The number of benzene rings is 3. The van der Waals surface area contributed by atoms with Crippen LogP contribution in [0.4, 0.5) is 0 Å². The van der Waals surface area contributed by atoms with E-state index < -0.39 is 0 Å². The highest BCUT2D eigenvalue weighted by molar-refractivity contribution is 5.94. The zero-order valence-electron chi connectivity index (χ0n) is 20.3. The molecule has 0 aliphatic rings. The first-order valence-electron chi connectivity index (χ1n) is 12.0. The smallest absolute Gasteiger partial charge is 0.251 e. The maximum Gasteiger partial charge on any atom is 0.251 e. The van der Waals surface area contributed by atoms with Crippen molar-refractivity contribution in [3.05, 3.63) is 94.8 Å². The number of para-hydroxylation sites is 2. The van der Waals surface area contributed by atoms with Crippen LogP contribution in [0.25, 0.3) is 11.0 Å². The van der Waals surface area contributed by atoms with Crippen molar-refractivity contribution in [1.82, 2.24) is 14.9 Å². The molecule has 0 spiro atoms. The van der Waals surface area contributed by atoms with Gasteiger partial charge in [0.25, 0.3) is 5.91 Å². The summed E-state index contributed by atoms with van der Waals surface area (Å²) in [6.07, 6.45) is 2.64. The van der Waals surface area contributed by atoms with E-state index in [0.29, 0.717) is 25.1 Å². The van der Waals surface area contributed by atoms with Crippen LogP contribution in [0.5, 0.6) is 5.75 Å². The van der Waals surface area contributed by atoms with Gasteiger partial charge in [0.05, 0.1) is 17.6 Å². The number of rotatable bonds is 10. The minimum atomic E-state index is -0.0499. The molecule has 5 heteroatoms. The maximum atomic E-state index is 12.5. The molecule has 4 rings (SSSR count). The summed E-state index contributed by atoms with van der Waals surface area (Å²) >= 11 is 0. The van der Waals surface area contributed by atoms with Crippen molar-refractivity contribution in [2.75, 3.05) is 13.2 Å². The molecular weight excluding hydrogens is 422 g/mol. The molecule has 3 aromatic carbocycles. The zero-order valence-corrected chi connectivity index (χ0v) is 20.3. The Morgan fingerprint density at radius 2 is 1.74 bits per heavy atom. The second-order valence-corrected chi connectivity index (χ2v) is 8.84. The Kier molecular flexibility index (Phi) is 7.63. The first-order chi connectivity index (χ1) is 16.5.